The van der Waals surface area contributed by atoms with Gasteiger partial charge in [0.2, 0.25) is 21.8 Å². The lowest BCUT2D eigenvalue weighted by atomic mass is 10.1. The van der Waals surface area contributed by atoms with E-state index >= 15 is 0 Å². The number of benzene rings is 2. The Labute approximate surface area is 218 Å². The molecule has 0 spiro atoms. The van der Waals surface area contributed by atoms with Gasteiger partial charge in [0, 0.05) is 13.1 Å². The molecule has 2 amide bonds. The van der Waals surface area contributed by atoms with E-state index in [0.29, 0.717) is 34.3 Å². The van der Waals surface area contributed by atoms with Crippen molar-refractivity contribution in [2.24, 2.45) is 0 Å². The largest absolute Gasteiger partial charge is 0.354 e. The number of rotatable bonds is 11. The molecule has 1 atom stereocenters. The lowest BCUT2D eigenvalue weighted by molar-refractivity contribution is -0.140. The van der Waals surface area contributed by atoms with Gasteiger partial charge in [-0.3, -0.25) is 13.9 Å². The van der Waals surface area contributed by atoms with Crippen LogP contribution in [0.5, 0.6) is 0 Å². The molecule has 0 fully saturated rings. The van der Waals surface area contributed by atoms with Crippen molar-refractivity contribution >= 4 is 50.7 Å². The predicted molar refractivity (Wildman–Crippen MR) is 142 cm³/mol. The third-order valence-corrected chi connectivity index (χ3v) is 7.49. The highest BCUT2D eigenvalue weighted by molar-refractivity contribution is 7.92. The van der Waals surface area contributed by atoms with E-state index in [2.05, 4.69) is 5.32 Å². The molecule has 7 nitrogen and oxygen atoms in total. The lowest BCUT2D eigenvalue weighted by Crippen LogP contribution is -2.52. The van der Waals surface area contributed by atoms with Crippen molar-refractivity contribution in [2.75, 3.05) is 23.7 Å². The molecule has 2 aromatic carbocycles. The van der Waals surface area contributed by atoms with Crippen molar-refractivity contribution in [2.45, 2.75) is 53.1 Å². The number of nitrogens with one attached hydrogen (secondary N) is 1. The van der Waals surface area contributed by atoms with Crippen molar-refractivity contribution in [3.63, 3.8) is 0 Å². The number of carbonyl (C=O) groups excluding carboxylic acids is 2. The Kier molecular flexibility index (Phi) is 10.4. The first-order chi connectivity index (χ1) is 16.4. The van der Waals surface area contributed by atoms with Gasteiger partial charge in [-0.1, -0.05) is 61.3 Å². The number of hydrogen-bond donors (Lipinski definition) is 1. The highest BCUT2D eigenvalue weighted by Gasteiger charge is 2.32. The summed E-state index contributed by atoms with van der Waals surface area (Å²) in [6.45, 7) is 7.44. The topological polar surface area (TPSA) is 86.8 Å². The maximum absolute atomic E-state index is 13.7. The van der Waals surface area contributed by atoms with Gasteiger partial charge in [0.25, 0.3) is 0 Å². The highest BCUT2D eigenvalue weighted by atomic mass is 35.5. The van der Waals surface area contributed by atoms with E-state index in [1.165, 1.54) is 4.90 Å². The number of amides is 2. The van der Waals surface area contributed by atoms with Crippen molar-refractivity contribution in [3.8, 4) is 0 Å². The number of carbonyl (C=O) groups is 2. The molecule has 0 saturated heterocycles. The SMILES string of the molecule is CCCNC(=O)C(CC)N(Cc1ccc(Cl)c(Cl)c1)C(=O)CN(c1c(C)cccc1C)S(C)(=O)=O. The summed E-state index contributed by atoms with van der Waals surface area (Å²) in [5, 5.41) is 3.55. The number of hydrogen-bond acceptors (Lipinski definition) is 4. The number of aryl methyl sites for hydroxylation is 2. The average molecular weight is 543 g/mol. The predicted octanol–water partition coefficient (Wildman–Crippen LogP) is 4.71. The molecule has 2 aromatic rings. The third-order valence-electron chi connectivity index (χ3n) is 5.64. The summed E-state index contributed by atoms with van der Waals surface area (Å²) in [7, 11) is -3.80. The van der Waals surface area contributed by atoms with Crippen LogP contribution in [0.1, 0.15) is 43.4 Å². The quantitative estimate of drug-likeness (QED) is 0.446. The van der Waals surface area contributed by atoms with Crippen LogP contribution in [0.15, 0.2) is 36.4 Å². The second kappa shape index (κ2) is 12.6. The number of para-hydroxylation sites is 1. The normalized spacial score (nSPS) is 12.2. The van der Waals surface area contributed by atoms with Crippen molar-refractivity contribution in [3.05, 3.63) is 63.1 Å². The van der Waals surface area contributed by atoms with E-state index in [-0.39, 0.29) is 12.5 Å². The van der Waals surface area contributed by atoms with Crippen LogP contribution in [-0.4, -0.2) is 50.5 Å². The maximum atomic E-state index is 13.7. The van der Waals surface area contributed by atoms with E-state index < -0.39 is 28.5 Å². The third kappa shape index (κ3) is 7.59. The second-order valence-corrected chi connectivity index (χ2v) is 11.2. The van der Waals surface area contributed by atoms with Gasteiger partial charge in [-0.05, 0) is 55.5 Å². The number of halogens is 2. The van der Waals surface area contributed by atoms with Gasteiger partial charge in [0.05, 0.1) is 22.0 Å². The Balaban J connectivity index is 2.50. The molecule has 0 aromatic heterocycles. The lowest BCUT2D eigenvalue weighted by Gasteiger charge is -2.33. The summed E-state index contributed by atoms with van der Waals surface area (Å²) < 4.78 is 26.7. The summed E-state index contributed by atoms with van der Waals surface area (Å²) in [4.78, 5) is 28.1. The molecule has 0 heterocycles. The number of anilines is 1. The van der Waals surface area contributed by atoms with Crippen LogP contribution in [0, 0.1) is 13.8 Å². The summed E-state index contributed by atoms with van der Waals surface area (Å²) >= 11 is 12.2. The van der Waals surface area contributed by atoms with Crippen molar-refractivity contribution in [1.29, 1.82) is 0 Å². The summed E-state index contributed by atoms with van der Waals surface area (Å²) in [6.07, 6.45) is 2.17. The minimum Gasteiger partial charge on any atom is -0.354 e. The smallest absolute Gasteiger partial charge is 0.244 e. The molecule has 0 radical (unpaired) electrons. The maximum Gasteiger partial charge on any atom is 0.244 e. The first-order valence-electron chi connectivity index (χ1n) is 11.5. The molecule has 1 N–H and O–H groups in total. The van der Waals surface area contributed by atoms with E-state index in [1.54, 1.807) is 44.2 Å². The van der Waals surface area contributed by atoms with Gasteiger partial charge in [0.1, 0.15) is 12.6 Å². The van der Waals surface area contributed by atoms with Gasteiger partial charge in [-0.15, -0.1) is 0 Å². The van der Waals surface area contributed by atoms with Gasteiger partial charge < -0.3 is 10.2 Å². The zero-order chi connectivity index (χ0) is 26.3. The van der Waals surface area contributed by atoms with Crippen LogP contribution in [0.3, 0.4) is 0 Å². The van der Waals surface area contributed by atoms with Gasteiger partial charge in [-0.2, -0.15) is 0 Å². The van der Waals surface area contributed by atoms with Crippen LogP contribution in [0.4, 0.5) is 5.69 Å². The molecule has 0 saturated carbocycles. The Hall–Kier alpha value is -2.29. The van der Waals surface area contributed by atoms with Crippen LogP contribution < -0.4 is 9.62 Å². The summed E-state index contributed by atoms with van der Waals surface area (Å²) in [6, 6.07) is 9.63. The van der Waals surface area contributed by atoms with Crippen molar-refractivity contribution in [1.82, 2.24) is 10.2 Å². The first kappa shape index (κ1) is 28.9. The Bertz CT molecular complexity index is 1150. The van der Waals surface area contributed by atoms with Crippen LogP contribution in [0.2, 0.25) is 10.0 Å². The van der Waals surface area contributed by atoms with E-state index in [4.69, 9.17) is 23.2 Å². The monoisotopic (exact) mass is 541 g/mol. The summed E-state index contributed by atoms with van der Waals surface area (Å²) in [5.41, 5.74) is 2.59. The minimum atomic E-state index is -3.80. The molecule has 10 heteroatoms. The molecule has 35 heavy (non-hydrogen) atoms. The Morgan fingerprint density at radius 3 is 2.17 bits per heavy atom. The highest BCUT2D eigenvalue weighted by Crippen LogP contribution is 2.28. The molecular weight excluding hydrogens is 509 g/mol. The fraction of sp³-hybridized carbons (Fsp3) is 0.440. The van der Waals surface area contributed by atoms with Gasteiger partial charge in [0.15, 0.2) is 0 Å². The fourth-order valence-electron chi connectivity index (χ4n) is 3.90. The molecule has 1 unspecified atom stereocenters. The fourth-order valence-corrected chi connectivity index (χ4v) is 5.18. The zero-order valence-corrected chi connectivity index (χ0v) is 23.1. The van der Waals surface area contributed by atoms with Crippen LogP contribution in [-0.2, 0) is 26.2 Å². The van der Waals surface area contributed by atoms with Crippen LogP contribution >= 0.6 is 23.2 Å². The van der Waals surface area contributed by atoms with Gasteiger partial charge in [-0.25, -0.2) is 8.42 Å². The molecule has 0 aliphatic rings. The minimum absolute atomic E-state index is 0.0676. The zero-order valence-electron chi connectivity index (χ0n) is 20.8. The van der Waals surface area contributed by atoms with E-state index in [1.807, 2.05) is 19.9 Å². The molecule has 0 aliphatic carbocycles. The Morgan fingerprint density at radius 1 is 1.03 bits per heavy atom. The molecule has 2 rings (SSSR count). The van der Waals surface area contributed by atoms with E-state index in [9.17, 15) is 18.0 Å². The second-order valence-electron chi connectivity index (χ2n) is 8.50. The molecule has 192 valence electrons. The summed E-state index contributed by atoms with van der Waals surface area (Å²) in [5.74, 6) is -0.789. The molecule has 0 bridgehead atoms. The number of sulfonamides is 1. The first-order valence-corrected chi connectivity index (χ1v) is 14.1. The molecular formula is C25H33Cl2N3O4S. The van der Waals surface area contributed by atoms with Crippen LogP contribution in [0.25, 0.3) is 0 Å². The average Bonchev–Trinajstić information content (AvgIpc) is 2.78. The Morgan fingerprint density at radius 2 is 1.66 bits per heavy atom. The molecule has 0 aliphatic heterocycles. The standard InChI is InChI=1S/C25H33Cl2N3O4S/c1-6-13-28-25(32)22(7-2)29(15-19-11-12-20(26)21(27)14-19)23(31)16-30(35(5,33)34)24-17(3)9-8-10-18(24)4/h8-12,14,22H,6-7,13,15-16H2,1-5H3,(H,28,32). The van der Waals surface area contributed by atoms with E-state index in [0.717, 1.165) is 28.1 Å². The van der Waals surface area contributed by atoms with Crippen molar-refractivity contribution < 1.29 is 18.0 Å². The van der Waals surface area contributed by atoms with Gasteiger partial charge >= 0.3 is 0 Å². The number of nitrogens with zero attached hydrogens (tertiary/aromatic N) is 2.